The molecule has 2 rings (SSSR count). The highest BCUT2D eigenvalue weighted by Crippen LogP contribution is 2.17. The van der Waals surface area contributed by atoms with E-state index in [9.17, 15) is 14.4 Å². The van der Waals surface area contributed by atoms with Crippen LogP contribution in [0.1, 0.15) is 36.2 Å². The summed E-state index contributed by atoms with van der Waals surface area (Å²) >= 11 is 5.94. The molecule has 0 saturated carbocycles. The molecule has 0 unspecified atom stereocenters. The molecule has 0 saturated heterocycles. The predicted molar refractivity (Wildman–Crippen MR) is 107 cm³/mol. The Morgan fingerprint density at radius 2 is 1.78 bits per heavy atom. The number of anilines is 1. The van der Waals surface area contributed by atoms with Crippen LogP contribution in [0.3, 0.4) is 0 Å². The first kappa shape index (κ1) is 20.6. The summed E-state index contributed by atoms with van der Waals surface area (Å²) < 4.78 is 0. The van der Waals surface area contributed by atoms with E-state index in [0.717, 1.165) is 5.56 Å². The summed E-state index contributed by atoms with van der Waals surface area (Å²) in [6, 6.07) is 14.4. The molecule has 5 nitrogen and oxygen atoms in total. The van der Waals surface area contributed by atoms with Crippen LogP contribution < -0.4 is 10.2 Å². The SMILES string of the molecule is CC(=O)c1cccc(N(CCC(=O)NCCc2cccc(Cl)c2)C(C)=O)c1. The number of rotatable bonds is 8. The summed E-state index contributed by atoms with van der Waals surface area (Å²) in [6.07, 6.45) is 0.864. The zero-order valence-electron chi connectivity index (χ0n) is 15.5. The number of nitrogens with zero attached hydrogens (tertiary/aromatic N) is 1. The summed E-state index contributed by atoms with van der Waals surface area (Å²) in [6.45, 7) is 3.67. The highest BCUT2D eigenvalue weighted by atomic mass is 35.5. The Bertz CT molecular complexity index is 836. The molecule has 6 heteroatoms. The number of amides is 2. The van der Waals surface area contributed by atoms with Crippen molar-refractivity contribution in [3.63, 3.8) is 0 Å². The number of Topliss-reactive ketones (excluding diaryl/α,β-unsaturated/α-hetero) is 1. The third-order valence-electron chi connectivity index (χ3n) is 4.13. The maximum absolute atomic E-state index is 12.1. The number of hydrogen-bond acceptors (Lipinski definition) is 3. The van der Waals surface area contributed by atoms with Gasteiger partial charge < -0.3 is 10.2 Å². The Hall–Kier alpha value is -2.66. The Balaban J connectivity index is 1.88. The molecule has 2 amide bonds. The summed E-state index contributed by atoms with van der Waals surface area (Å²) in [5.41, 5.74) is 2.20. The Morgan fingerprint density at radius 3 is 2.44 bits per heavy atom. The van der Waals surface area contributed by atoms with Crippen molar-refractivity contribution in [2.24, 2.45) is 0 Å². The number of benzene rings is 2. The third-order valence-corrected chi connectivity index (χ3v) is 4.37. The van der Waals surface area contributed by atoms with E-state index in [1.165, 1.54) is 18.7 Å². The van der Waals surface area contributed by atoms with Crippen LogP contribution in [-0.2, 0) is 16.0 Å². The van der Waals surface area contributed by atoms with Crippen molar-refractivity contribution in [1.29, 1.82) is 0 Å². The van der Waals surface area contributed by atoms with Crippen LogP contribution in [0.25, 0.3) is 0 Å². The van der Waals surface area contributed by atoms with Gasteiger partial charge in [0.15, 0.2) is 5.78 Å². The third kappa shape index (κ3) is 6.53. The van der Waals surface area contributed by atoms with Crippen molar-refractivity contribution >= 4 is 34.9 Å². The van der Waals surface area contributed by atoms with Crippen molar-refractivity contribution in [2.75, 3.05) is 18.0 Å². The molecule has 0 aliphatic carbocycles. The minimum atomic E-state index is -0.178. The van der Waals surface area contributed by atoms with Crippen molar-refractivity contribution in [1.82, 2.24) is 5.32 Å². The van der Waals surface area contributed by atoms with Crippen molar-refractivity contribution in [3.05, 3.63) is 64.7 Å². The lowest BCUT2D eigenvalue weighted by atomic mass is 10.1. The molecule has 142 valence electrons. The first-order valence-electron chi connectivity index (χ1n) is 8.77. The van der Waals surface area contributed by atoms with Gasteiger partial charge in [-0.25, -0.2) is 0 Å². The van der Waals surface area contributed by atoms with Gasteiger partial charge in [0.25, 0.3) is 0 Å². The van der Waals surface area contributed by atoms with Gasteiger partial charge >= 0.3 is 0 Å². The lowest BCUT2D eigenvalue weighted by Crippen LogP contribution is -2.34. The van der Waals surface area contributed by atoms with E-state index >= 15 is 0 Å². The molecule has 0 bridgehead atoms. The highest BCUT2D eigenvalue weighted by molar-refractivity contribution is 6.30. The van der Waals surface area contributed by atoms with Crippen LogP contribution in [0.5, 0.6) is 0 Å². The topological polar surface area (TPSA) is 66.5 Å². The van der Waals surface area contributed by atoms with E-state index in [1.54, 1.807) is 30.3 Å². The molecular weight excluding hydrogens is 364 g/mol. The second kappa shape index (κ2) is 9.88. The van der Waals surface area contributed by atoms with Gasteiger partial charge in [-0.2, -0.15) is 0 Å². The largest absolute Gasteiger partial charge is 0.356 e. The number of carbonyl (C=O) groups is 3. The van der Waals surface area contributed by atoms with Gasteiger partial charge in [-0.3, -0.25) is 14.4 Å². The van der Waals surface area contributed by atoms with Gasteiger partial charge in [-0.15, -0.1) is 0 Å². The number of halogens is 1. The standard InChI is InChI=1S/C21H23ClN2O3/c1-15(25)18-6-4-8-20(14-18)24(16(2)26)12-10-21(27)23-11-9-17-5-3-7-19(22)13-17/h3-8,13-14H,9-12H2,1-2H3,(H,23,27). The number of hydrogen-bond donors (Lipinski definition) is 1. The fraction of sp³-hybridized carbons (Fsp3) is 0.286. The average Bonchev–Trinajstić information content (AvgIpc) is 2.62. The first-order chi connectivity index (χ1) is 12.9. The van der Waals surface area contributed by atoms with Gasteiger partial charge in [0.05, 0.1) is 0 Å². The molecule has 0 spiro atoms. The quantitative estimate of drug-likeness (QED) is 0.704. The number of ketones is 1. The molecule has 0 aromatic heterocycles. The zero-order chi connectivity index (χ0) is 19.8. The van der Waals surface area contributed by atoms with Crippen molar-refractivity contribution in [2.45, 2.75) is 26.7 Å². The highest BCUT2D eigenvalue weighted by Gasteiger charge is 2.14. The smallest absolute Gasteiger partial charge is 0.223 e. The fourth-order valence-corrected chi connectivity index (χ4v) is 2.91. The van der Waals surface area contributed by atoms with Crippen molar-refractivity contribution in [3.8, 4) is 0 Å². The summed E-state index contributed by atoms with van der Waals surface area (Å²) in [4.78, 5) is 37.1. The fourth-order valence-electron chi connectivity index (χ4n) is 2.70. The molecule has 27 heavy (non-hydrogen) atoms. The van der Waals surface area contributed by atoms with E-state index in [1.807, 2.05) is 18.2 Å². The lowest BCUT2D eigenvalue weighted by molar-refractivity contribution is -0.121. The van der Waals surface area contributed by atoms with Crippen LogP contribution in [0, 0.1) is 0 Å². The lowest BCUT2D eigenvalue weighted by Gasteiger charge is -2.21. The minimum absolute atomic E-state index is 0.0703. The van der Waals surface area contributed by atoms with E-state index in [4.69, 9.17) is 11.6 Å². The molecule has 0 atom stereocenters. The van der Waals surface area contributed by atoms with Crippen LogP contribution in [-0.4, -0.2) is 30.7 Å². The molecule has 0 radical (unpaired) electrons. The van der Waals surface area contributed by atoms with E-state index in [2.05, 4.69) is 5.32 Å². The molecule has 2 aromatic carbocycles. The van der Waals surface area contributed by atoms with Gasteiger partial charge in [-0.1, -0.05) is 35.9 Å². The van der Waals surface area contributed by atoms with E-state index in [0.29, 0.717) is 29.2 Å². The van der Waals surface area contributed by atoms with Gasteiger partial charge in [0, 0.05) is 42.7 Å². The van der Waals surface area contributed by atoms with Crippen LogP contribution in [0.15, 0.2) is 48.5 Å². The maximum Gasteiger partial charge on any atom is 0.223 e. The zero-order valence-corrected chi connectivity index (χ0v) is 16.3. The predicted octanol–water partition coefficient (Wildman–Crippen LogP) is 3.64. The maximum atomic E-state index is 12.1. The number of carbonyl (C=O) groups excluding carboxylic acids is 3. The second-order valence-electron chi connectivity index (χ2n) is 6.26. The Kier molecular flexibility index (Phi) is 7.55. The summed E-state index contributed by atoms with van der Waals surface area (Å²) in [7, 11) is 0. The number of nitrogens with one attached hydrogen (secondary N) is 1. The van der Waals surface area contributed by atoms with Crippen LogP contribution in [0.2, 0.25) is 5.02 Å². The molecule has 0 aliphatic rings. The van der Waals surface area contributed by atoms with Crippen LogP contribution in [0.4, 0.5) is 5.69 Å². The first-order valence-corrected chi connectivity index (χ1v) is 9.15. The molecule has 1 N–H and O–H groups in total. The summed E-state index contributed by atoms with van der Waals surface area (Å²) in [5.74, 6) is -0.382. The van der Waals surface area contributed by atoms with Gasteiger partial charge in [0.2, 0.25) is 11.8 Å². The van der Waals surface area contributed by atoms with Gasteiger partial charge in [-0.05, 0) is 43.2 Å². The van der Waals surface area contributed by atoms with Crippen LogP contribution >= 0.6 is 11.6 Å². The average molecular weight is 387 g/mol. The molecule has 0 aliphatic heterocycles. The normalized spacial score (nSPS) is 10.3. The molecule has 2 aromatic rings. The molecule has 0 heterocycles. The van der Waals surface area contributed by atoms with Gasteiger partial charge in [0.1, 0.15) is 0 Å². The molecule has 0 fully saturated rings. The minimum Gasteiger partial charge on any atom is -0.356 e. The molecular formula is C21H23ClN2O3. The second-order valence-corrected chi connectivity index (χ2v) is 6.69. The van der Waals surface area contributed by atoms with Crippen molar-refractivity contribution < 1.29 is 14.4 Å². The van der Waals surface area contributed by atoms with E-state index < -0.39 is 0 Å². The summed E-state index contributed by atoms with van der Waals surface area (Å²) in [5, 5.41) is 3.52. The Labute approximate surface area is 164 Å². The van der Waals surface area contributed by atoms with E-state index in [-0.39, 0.29) is 30.6 Å². The Morgan fingerprint density at radius 1 is 1.04 bits per heavy atom. The monoisotopic (exact) mass is 386 g/mol.